The van der Waals surface area contributed by atoms with Gasteiger partial charge in [0.1, 0.15) is 0 Å². The van der Waals surface area contributed by atoms with Crippen molar-refractivity contribution in [3.05, 3.63) is 12.2 Å². The molecule has 0 atom stereocenters. The molecule has 0 heterocycles. The number of hydrogen-bond acceptors (Lipinski definition) is 3. The van der Waals surface area contributed by atoms with Crippen LogP contribution in [0.2, 0.25) is 0 Å². The number of esters is 1. The van der Waals surface area contributed by atoms with Crippen LogP contribution in [0.15, 0.2) is 12.2 Å². The maximum absolute atomic E-state index is 11.2. The quantitative estimate of drug-likeness (QED) is 0.246. The molecule has 0 saturated carbocycles. The molecule has 128 valence electrons. The second kappa shape index (κ2) is 12.2. The van der Waals surface area contributed by atoms with Crippen LogP contribution in [0, 0.1) is 0 Å². The first-order valence-corrected chi connectivity index (χ1v) is 8.20. The Kier molecular flexibility index (Phi) is 11.5. The van der Waals surface area contributed by atoms with Crippen molar-refractivity contribution in [2.24, 2.45) is 0 Å². The fraction of sp³-hybridized carbons (Fsp3) is 0.765. The van der Waals surface area contributed by atoms with E-state index in [1.165, 1.54) is 6.08 Å². The minimum absolute atomic E-state index is 0.269. The molecule has 0 fully saturated rings. The van der Waals surface area contributed by atoms with Gasteiger partial charge in [0.15, 0.2) is 0 Å². The molecule has 0 spiro atoms. The molecule has 0 aliphatic heterocycles. The van der Waals surface area contributed by atoms with E-state index in [0.29, 0.717) is 6.61 Å². The molecule has 0 aromatic heterocycles. The third-order valence-electron chi connectivity index (χ3n) is 3.61. The molecule has 0 bridgehead atoms. The molecule has 0 rings (SSSR count). The number of unbranched alkanes of at least 4 members (excludes halogenated alkanes) is 4. The van der Waals surface area contributed by atoms with E-state index < -0.39 is 5.97 Å². The van der Waals surface area contributed by atoms with Gasteiger partial charge in [-0.1, -0.05) is 18.9 Å². The Hall–Kier alpha value is -1.36. The number of carboxylic acids is 1. The lowest BCUT2D eigenvalue weighted by Gasteiger charge is -2.29. The van der Waals surface area contributed by atoms with Crippen molar-refractivity contribution in [1.29, 1.82) is 0 Å². The zero-order valence-corrected chi connectivity index (χ0v) is 14.3. The van der Waals surface area contributed by atoms with E-state index in [1.54, 1.807) is 13.0 Å². The minimum atomic E-state index is -0.701. The van der Waals surface area contributed by atoms with Crippen LogP contribution in [0.3, 0.4) is 0 Å². The van der Waals surface area contributed by atoms with Gasteiger partial charge >= 0.3 is 11.9 Å². The number of carboxylic acid groups (broad SMARTS) is 1. The molecular weight excluding hydrogens is 282 g/mol. The highest BCUT2D eigenvalue weighted by Gasteiger charge is 2.14. The highest BCUT2D eigenvalue weighted by atomic mass is 16.5. The van der Waals surface area contributed by atoms with Crippen LogP contribution in [-0.4, -0.2) is 55.3 Å². The zero-order valence-electron chi connectivity index (χ0n) is 14.3. The topological polar surface area (TPSA) is 63.6 Å². The first-order valence-electron chi connectivity index (χ1n) is 8.20. The average molecular weight is 314 g/mol. The number of carbonyl (C=O) groups is 2. The maximum atomic E-state index is 11.2. The molecule has 5 heteroatoms. The fourth-order valence-electron chi connectivity index (χ4n) is 2.31. The van der Waals surface area contributed by atoms with E-state index in [0.717, 1.165) is 56.1 Å². The second-order valence-electron chi connectivity index (χ2n) is 6.32. The zero-order chi connectivity index (χ0) is 16.8. The summed E-state index contributed by atoms with van der Waals surface area (Å²) in [7, 11) is 4.39. The lowest BCUT2D eigenvalue weighted by atomic mass is 10.1. The van der Waals surface area contributed by atoms with Crippen LogP contribution >= 0.6 is 0 Å². The average Bonchev–Trinajstić information content (AvgIpc) is 2.42. The van der Waals surface area contributed by atoms with Gasteiger partial charge in [0, 0.05) is 18.9 Å². The summed E-state index contributed by atoms with van der Waals surface area (Å²) in [5.41, 5.74) is 0. The molecule has 22 heavy (non-hydrogen) atoms. The number of rotatable bonds is 13. The van der Waals surface area contributed by atoms with Crippen molar-refractivity contribution >= 4 is 11.9 Å². The van der Waals surface area contributed by atoms with Crippen LogP contribution in [-0.2, 0) is 14.3 Å². The monoisotopic (exact) mass is 314 g/mol. The van der Waals surface area contributed by atoms with E-state index in [1.807, 2.05) is 0 Å². The highest BCUT2D eigenvalue weighted by molar-refractivity contribution is 5.81. The minimum Gasteiger partial charge on any atom is -0.481 e. The maximum Gasteiger partial charge on any atom is 0.330 e. The molecule has 5 nitrogen and oxygen atoms in total. The van der Waals surface area contributed by atoms with Crippen molar-refractivity contribution < 1.29 is 23.9 Å². The highest BCUT2D eigenvalue weighted by Crippen LogP contribution is 2.09. The lowest BCUT2D eigenvalue weighted by molar-refractivity contribution is -0.890. The van der Waals surface area contributed by atoms with Gasteiger partial charge in [0.05, 0.1) is 33.8 Å². The predicted molar refractivity (Wildman–Crippen MR) is 87.6 cm³/mol. The number of nitrogens with zero attached hydrogens (tertiary/aromatic N) is 1. The van der Waals surface area contributed by atoms with Crippen LogP contribution in [0.1, 0.15) is 51.9 Å². The summed E-state index contributed by atoms with van der Waals surface area (Å²) in [6.45, 7) is 4.35. The van der Waals surface area contributed by atoms with Gasteiger partial charge in [-0.25, -0.2) is 4.79 Å². The number of hydrogen-bond donors (Lipinski definition) is 1. The van der Waals surface area contributed by atoms with E-state index in [-0.39, 0.29) is 12.4 Å². The Morgan fingerprint density at radius 2 is 1.59 bits per heavy atom. The number of aliphatic carboxylic acids is 1. The van der Waals surface area contributed by atoms with Gasteiger partial charge < -0.3 is 14.3 Å². The van der Waals surface area contributed by atoms with Crippen LogP contribution in [0.5, 0.6) is 0 Å². The largest absolute Gasteiger partial charge is 0.481 e. The van der Waals surface area contributed by atoms with Gasteiger partial charge in [-0.2, -0.15) is 0 Å². The summed E-state index contributed by atoms with van der Waals surface area (Å²) >= 11 is 0. The molecule has 0 radical (unpaired) electrons. The summed E-state index contributed by atoms with van der Waals surface area (Å²) in [4.78, 5) is 21.5. The third kappa shape index (κ3) is 13.6. The molecule has 0 amide bonds. The molecular formula is C17H32NO4+. The number of quaternary nitrogens is 1. The first kappa shape index (κ1) is 20.6. The Morgan fingerprint density at radius 1 is 1.00 bits per heavy atom. The van der Waals surface area contributed by atoms with Gasteiger partial charge in [-0.15, -0.1) is 0 Å². The van der Waals surface area contributed by atoms with Crippen LogP contribution in [0.4, 0.5) is 0 Å². The van der Waals surface area contributed by atoms with E-state index >= 15 is 0 Å². The van der Waals surface area contributed by atoms with Crippen molar-refractivity contribution in [1.82, 2.24) is 0 Å². The molecule has 0 aromatic carbocycles. The Morgan fingerprint density at radius 3 is 2.23 bits per heavy atom. The summed E-state index contributed by atoms with van der Waals surface area (Å²) in [5.74, 6) is -0.970. The molecule has 0 saturated heterocycles. The van der Waals surface area contributed by atoms with Crippen molar-refractivity contribution in [2.75, 3.05) is 33.8 Å². The number of ether oxygens (including phenoxy) is 1. The first-order chi connectivity index (χ1) is 10.4. The summed E-state index contributed by atoms with van der Waals surface area (Å²) < 4.78 is 6.01. The van der Waals surface area contributed by atoms with Crippen molar-refractivity contribution in [2.45, 2.75) is 51.9 Å². The van der Waals surface area contributed by atoms with Crippen molar-refractivity contribution in [3.63, 3.8) is 0 Å². The van der Waals surface area contributed by atoms with E-state index in [4.69, 9.17) is 9.84 Å². The van der Waals surface area contributed by atoms with E-state index in [2.05, 4.69) is 14.1 Å². The third-order valence-corrected chi connectivity index (χ3v) is 3.61. The van der Waals surface area contributed by atoms with Crippen LogP contribution < -0.4 is 0 Å². The fourth-order valence-corrected chi connectivity index (χ4v) is 2.31. The number of carbonyl (C=O) groups excluding carboxylic acids is 1. The molecule has 0 unspecified atom stereocenters. The second-order valence-corrected chi connectivity index (χ2v) is 6.32. The van der Waals surface area contributed by atoms with Gasteiger partial charge in [-0.3, -0.25) is 4.79 Å². The summed E-state index contributed by atoms with van der Waals surface area (Å²) in [6.07, 6.45) is 9.46. The standard InChI is InChI=1S/C17H31NO4/c1-4-11-17(21)22-15-10-14-18(2,3)13-9-7-5-6-8-12-16(19)20/h4,11H,5-10,12-15H2,1-3H3/p+1. The van der Waals surface area contributed by atoms with Gasteiger partial charge in [0.25, 0.3) is 0 Å². The van der Waals surface area contributed by atoms with Crippen LogP contribution in [0.25, 0.3) is 0 Å². The Balaban J connectivity index is 3.56. The molecule has 0 aliphatic rings. The summed E-state index contributed by atoms with van der Waals surface area (Å²) in [5, 5.41) is 8.55. The SMILES string of the molecule is CC=CC(=O)OCCC[N+](C)(C)CCCCCCCC(=O)O. The van der Waals surface area contributed by atoms with Gasteiger partial charge in [-0.05, 0) is 26.2 Å². The molecule has 1 N–H and O–H groups in total. The van der Waals surface area contributed by atoms with E-state index in [9.17, 15) is 9.59 Å². The van der Waals surface area contributed by atoms with Gasteiger partial charge in [0.2, 0.25) is 0 Å². The Bertz CT molecular complexity index is 351. The smallest absolute Gasteiger partial charge is 0.330 e. The summed E-state index contributed by atoms with van der Waals surface area (Å²) in [6, 6.07) is 0. The Labute approximate surface area is 134 Å². The lowest BCUT2D eigenvalue weighted by Crippen LogP contribution is -2.41. The molecule has 0 aliphatic carbocycles. The number of allylic oxidation sites excluding steroid dienone is 1. The molecule has 0 aromatic rings. The normalized spacial score (nSPS) is 11.8. The predicted octanol–water partition coefficient (Wildman–Crippen LogP) is 3.00. The van der Waals surface area contributed by atoms with Crippen molar-refractivity contribution in [3.8, 4) is 0 Å².